The van der Waals surface area contributed by atoms with Crippen molar-refractivity contribution >= 4 is 33.4 Å². The van der Waals surface area contributed by atoms with Crippen LogP contribution in [0.2, 0.25) is 0 Å². The van der Waals surface area contributed by atoms with Gasteiger partial charge in [-0.2, -0.15) is 0 Å². The number of aryl methyl sites for hydroxylation is 2. The average Bonchev–Trinajstić information content (AvgIpc) is 3.20. The second-order valence-corrected chi connectivity index (χ2v) is 6.72. The van der Waals surface area contributed by atoms with E-state index in [0.717, 1.165) is 24.2 Å². The topological polar surface area (TPSA) is 101 Å². The number of hydrogen-bond acceptors (Lipinski definition) is 6. The maximum atomic E-state index is 12.3. The number of carbonyl (C=O) groups is 2. The second-order valence-electron chi connectivity index (χ2n) is 5.72. The summed E-state index contributed by atoms with van der Waals surface area (Å²) < 4.78 is 5.23. The van der Waals surface area contributed by atoms with E-state index in [-0.39, 0.29) is 17.5 Å². The molecule has 1 saturated carbocycles. The Labute approximate surface area is 136 Å². The van der Waals surface area contributed by atoms with E-state index >= 15 is 0 Å². The quantitative estimate of drug-likeness (QED) is 0.823. The number of ether oxygens (including phenoxy) is 1. The lowest BCUT2D eigenvalue weighted by atomic mass is 10.2. The number of esters is 1. The van der Waals surface area contributed by atoms with E-state index in [1.54, 1.807) is 13.8 Å². The van der Waals surface area contributed by atoms with Gasteiger partial charge in [-0.15, -0.1) is 11.3 Å². The molecule has 2 N–H and O–H groups in total. The fraction of sp³-hybridized carbons (Fsp3) is 0.467. The summed E-state index contributed by atoms with van der Waals surface area (Å²) in [7, 11) is 0. The van der Waals surface area contributed by atoms with Gasteiger partial charge in [-0.05, 0) is 39.2 Å². The molecule has 2 heterocycles. The lowest BCUT2D eigenvalue weighted by Gasteiger charge is -2.12. The normalized spacial score (nSPS) is 15.4. The van der Waals surface area contributed by atoms with Crippen LogP contribution in [0.4, 0.5) is 0 Å². The number of nitrogens with one attached hydrogen (secondary N) is 2. The van der Waals surface area contributed by atoms with Crippen molar-refractivity contribution in [1.29, 1.82) is 0 Å². The van der Waals surface area contributed by atoms with Crippen LogP contribution < -0.4 is 10.9 Å². The molecule has 1 aliphatic rings. The van der Waals surface area contributed by atoms with Crippen LogP contribution in [-0.4, -0.2) is 34.0 Å². The number of amides is 1. The average molecular weight is 335 g/mol. The molecule has 122 valence electrons. The zero-order chi connectivity index (χ0) is 16.7. The molecule has 23 heavy (non-hydrogen) atoms. The van der Waals surface area contributed by atoms with Crippen molar-refractivity contribution in [2.24, 2.45) is 0 Å². The monoisotopic (exact) mass is 335 g/mol. The summed E-state index contributed by atoms with van der Waals surface area (Å²) in [6.45, 7) is 4.89. The number of thiophene rings is 1. The SMILES string of the molecule is Cc1nc2sc(C(=O)O[C@@H](C)C(=O)NC3CC3)c(C)c2c(=O)[nH]1. The molecule has 0 aliphatic heterocycles. The molecule has 1 amide bonds. The number of hydrogen-bond donors (Lipinski definition) is 2. The number of H-pyrrole nitrogens is 1. The third-order valence-corrected chi connectivity index (χ3v) is 4.85. The van der Waals surface area contributed by atoms with E-state index in [1.165, 1.54) is 6.92 Å². The van der Waals surface area contributed by atoms with Crippen LogP contribution >= 0.6 is 11.3 Å². The van der Waals surface area contributed by atoms with E-state index in [9.17, 15) is 14.4 Å². The van der Waals surface area contributed by atoms with Crippen LogP contribution in [0.5, 0.6) is 0 Å². The van der Waals surface area contributed by atoms with Gasteiger partial charge in [0.05, 0.1) is 5.39 Å². The first-order valence-corrected chi connectivity index (χ1v) is 8.20. The maximum absolute atomic E-state index is 12.3. The second kappa shape index (κ2) is 5.77. The lowest BCUT2D eigenvalue weighted by Crippen LogP contribution is -2.37. The minimum absolute atomic E-state index is 0.209. The largest absolute Gasteiger partial charge is 0.448 e. The molecule has 3 rings (SSSR count). The number of rotatable bonds is 4. The Morgan fingerprint density at radius 1 is 1.39 bits per heavy atom. The van der Waals surface area contributed by atoms with Crippen LogP contribution in [0.25, 0.3) is 10.2 Å². The first kappa shape index (κ1) is 15.7. The summed E-state index contributed by atoms with van der Waals surface area (Å²) in [5, 5.41) is 3.18. The van der Waals surface area contributed by atoms with Crippen molar-refractivity contribution in [2.45, 2.75) is 45.8 Å². The van der Waals surface area contributed by atoms with Crippen molar-refractivity contribution < 1.29 is 14.3 Å². The van der Waals surface area contributed by atoms with Gasteiger partial charge in [0.1, 0.15) is 15.5 Å². The van der Waals surface area contributed by atoms with Gasteiger partial charge < -0.3 is 15.0 Å². The minimum Gasteiger partial charge on any atom is -0.448 e. The number of fused-ring (bicyclic) bond motifs is 1. The molecule has 1 fully saturated rings. The standard InChI is InChI=1S/C15H17N3O4S/c1-6-10-13(20)16-8(3)17-14(10)23-11(6)15(21)22-7(2)12(19)18-9-4-5-9/h7,9H,4-5H2,1-3H3,(H,18,19)(H,16,17,20)/t7-/m0/s1. The van der Waals surface area contributed by atoms with Gasteiger partial charge in [0.2, 0.25) is 0 Å². The lowest BCUT2D eigenvalue weighted by molar-refractivity contribution is -0.129. The van der Waals surface area contributed by atoms with Crippen LogP contribution in [0.1, 0.15) is 40.8 Å². The van der Waals surface area contributed by atoms with Gasteiger partial charge in [0.25, 0.3) is 11.5 Å². The Morgan fingerprint density at radius 2 is 2.09 bits per heavy atom. The highest BCUT2D eigenvalue weighted by molar-refractivity contribution is 7.20. The molecule has 1 atom stereocenters. The van der Waals surface area contributed by atoms with E-state index in [1.807, 2.05) is 0 Å². The highest BCUT2D eigenvalue weighted by Gasteiger charge is 2.28. The Hall–Kier alpha value is -2.22. The molecular formula is C15H17N3O4S. The maximum Gasteiger partial charge on any atom is 0.349 e. The molecule has 2 aromatic rings. The molecule has 0 aromatic carbocycles. The van der Waals surface area contributed by atoms with Gasteiger partial charge in [0.15, 0.2) is 6.10 Å². The first-order chi connectivity index (χ1) is 10.9. The molecular weight excluding hydrogens is 318 g/mol. The van der Waals surface area contributed by atoms with Crippen LogP contribution in [-0.2, 0) is 9.53 Å². The fourth-order valence-electron chi connectivity index (χ4n) is 2.26. The minimum atomic E-state index is -0.874. The van der Waals surface area contributed by atoms with Gasteiger partial charge >= 0.3 is 5.97 Å². The Morgan fingerprint density at radius 3 is 2.74 bits per heavy atom. The van der Waals surface area contributed by atoms with Crippen molar-refractivity contribution in [3.63, 3.8) is 0 Å². The van der Waals surface area contributed by atoms with Crippen molar-refractivity contribution in [3.05, 3.63) is 26.6 Å². The highest BCUT2D eigenvalue weighted by Crippen LogP contribution is 2.28. The van der Waals surface area contributed by atoms with Crippen LogP contribution in [0.15, 0.2) is 4.79 Å². The van der Waals surface area contributed by atoms with Gasteiger partial charge in [-0.25, -0.2) is 9.78 Å². The molecule has 1 aliphatic carbocycles. The Balaban J connectivity index is 1.83. The van der Waals surface area contributed by atoms with E-state index < -0.39 is 12.1 Å². The van der Waals surface area contributed by atoms with Crippen molar-refractivity contribution in [2.75, 3.05) is 0 Å². The first-order valence-electron chi connectivity index (χ1n) is 7.38. The molecule has 0 bridgehead atoms. The molecule has 0 spiro atoms. The smallest absolute Gasteiger partial charge is 0.349 e. The van der Waals surface area contributed by atoms with Gasteiger partial charge in [0, 0.05) is 6.04 Å². The third-order valence-electron chi connectivity index (χ3n) is 3.68. The Kier molecular flexibility index (Phi) is 3.93. The molecule has 0 radical (unpaired) electrons. The van der Waals surface area contributed by atoms with Crippen LogP contribution in [0, 0.1) is 13.8 Å². The Bertz CT molecular complexity index is 850. The predicted octanol–water partition coefficient (Wildman–Crippen LogP) is 1.43. The summed E-state index contributed by atoms with van der Waals surface area (Å²) in [4.78, 5) is 43.8. The molecule has 0 saturated heterocycles. The van der Waals surface area contributed by atoms with Gasteiger partial charge in [-0.3, -0.25) is 9.59 Å². The summed E-state index contributed by atoms with van der Waals surface area (Å²) in [6, 6.07) is 0.209. The fourth-order valence-corrected chi connectivity index (χ4v) is 3.37. The summed E-state index contributed by atoms with van der Waals surface area (Å²) in [6.07, 6.45) is 1.06. The number of carbonyl (C=O) groups excluding carboxylic acids is 2. The van der Waals surface area contributed by atoms with Gasteiger partial charge in [-0.1, -0.05) is 0 Å². The summed E-state index contributed by atoms with van der Waals surface area (Å²) in [5.74, 6) is -0.423. The zero-order valence-corrected chi connectivity index (χ0v) is 13.9. The predicted molar refractivity (Wildman–Crippen MR) is 85.8 cm³/mol. The van der Waals surface area contributed by atoms with E-state index in [2.05, 4.69) is 15.3 Å². The third kappa shape index (κ3) is 3.12. The highest BCUT2D eigenvalue weighted by atomic mass is 32.1. The molecule has 8 heteroatoms. The molecule has 0 unspecified atom stereocenters. The summed E-state index contributed by atoms with van der Waals surface area (Å²) >= 11 is 1.10. The molecule has 7 nitrogen and oxygen atoms in total. The zero-order valence-electron chi connectivity index (χ0n) is 13.1. The number of nitrogens with zero attached hydrogens (tertiary/aromatic N) is 1. The summed E-state index contributed by atoms with van der Waals surface area (Å²) in [5.41, 5.74) is 0.248. The van der Waals surface area contributed by atoms with E-state index in [4.69, 9.17) is 4.74 Å². The number of aromatic amines is 1. The van der Waals surface area contributed by atoms with Crippen LogP contribution in [0.3, 0.4) is 0 Å². The number of aromatic nitrogens is 2. The van der Waals surface area contributed by atoms with Crippen molar-refractivity contribution in [1.82, 2.24) is 15.3 Å². The molecule has 2 aromatic heterocycles. The van der Waals surface area contributed by atoms with Crippen molar-refractivity contribution in [3.8, 4) is 0 Å². The van der Waals surface area contributed by atoms with E-state index in [0.29, 0.717) is 26.5 Å².